The van der Waals surface area contributed by atoms with Gasteiger partial charge in [-0.2, -0.15) is 0 Å². The van der Waals surface area contributed by atoms with Crippen LogP contribution in [0.3, 0.4) is 0 Å². The Bertz CT molecular complexity index is 50.9. The second-order valence-electron chi connectivity index (χ2n) is 0.720. The molecule has 0 saturated heterocycles. The molecule has 0 aliphatic heterocycles. The molecule has 0 amide bonds. The van der Waals surface area contributed by atoms with E-state index in [4.69, 9.17) is 0 Å². The van der Waals surface area contributed by atoms with Crippen LogP contribution in [0.5, 0.6) is 0 Å². The molecule has 0 heterocycles. The quantitative estimate of drug-likeness (QED) is 0.306. The number of rotatable bonds is 1. The Morgan fingerprint density at radius 2 is 2.29 bits per heavy atom. The summed E-state index contributed by atoms with van der Waals surface area (Å²) in [7, 11) is 1.31. The van der Waals surface area contributed by atoms with E-state index in [1.807, 2.05) is 0 Å². The summed E-state index contributed by atoms with van der Waals surface area (Å²) in [4.78, 5) is 9.85. The molecule has 46 valence electrons. The van der Waals surface area contributed by atoms with E-state index in [2.05, 4.69) is 17.4 Å². The molecule has 0 aromatic rings. The maximum atomic E-state index is 9.85. The minimum atomic E-state index is -0.343. The fraction of sp³-hybridized carbons (Fsp3) is 0.667. The van der Waals surface area contributed by atoms with Crippen molar-refractivity contribution in [3.63, 3.8) is 0 Å². The molecule has 0 aromatic carbocycles. The molecule has 0 N–H and O–H groups in total. The predicted molar refractivity (Wildman–Crippen MR) is 24.2 cm³/mol. The Morgan fingerprint density at radius 1 is 1.86 bits per heavy atom. The van der Waals surface area contributed by atoms with Crippen LogP contribution in [-0.2, 0) is 39.2 Å². The zero-order valence-electron chi connectivity index (χ0n) is 3.73. The summed E-state index contributed by atoms with van der Waals surface area (Å²) in [5, 5.41) is 0. The van der Waals surface area contributed by atoms with Crippen LogP contribution < -0.4 is 0 Å². The van der Waals surface area contributed by atoms with E-state index in [1.165, 1.54) is 7.11 Å². The number of carbonyl (C=O) groups is 1. The predicted octanol–water partition coefficient (Wildman–Crippen LogP) is -0.296. The van der Waals surface area contributed by atoms with Crippen molar-refractivity contribution in [2.24, 2.45) is 0 Å². The molecule has 0 aromatic heterocycles. The Kier molecular flexibility index (Phi) is 9.37. The molecule has 0 radical (unpaired) electrons. The molecular formula is C3H5CuO2S. The van der Waals surface area contributed by atoms with Gasteiger partial charge in [0, 0.05) is 0 Å². The molecule has 0 unspecified atom stereocenters. The molecule has 0 saturated carbocycles. The van der Waals surface area contributed by atoms with Gasteiger partial charge in [0.15, 0.2) is 0 Å². The van der Waals surface area contributed by atoms with Gasteiger partial charge in [-0.25, -0.2) is 0 Å². The standard InChI is InChI=1S/C3H6O2S.Cu/c1-5-3(4)2-6;/h6H,2H2,1H3;/q;+1/p-1. The number of ether oxygens (including phenoxy) is 1. The van der Waals surface area contributed by atoms with E-state index in [0.29, 0.717) is 0 Å². The third-order valence-electron chi connectivity index (χ3n) is 0.346. The molecule has 0 aliphatic rings. The van der Waals surface area contributed by atoms with Crippen LogP contribution in [0.25, 0.3) is 0 Å². The van der Waals surface area contributed by atoms with Crippen molar-refractivity contribution < 1.29 is 26.6 Å². The van der Waals surface area contributed by atoms with Crippen LogP contribution >= 0.6 is 0 Å². The summed E-state index contributed by atoms with van der Waals surface area (Å²) in [6.07, 6.45) is 0. The average Bonchev–Trinajstić information content (AvgIpc) is 1.65. The molecule has 7 heavy (non-hydrogen) atoms. The molecular weight excluding hydrogens is 164 g/mol. The third kappa shape index (κ3) is 6.34. The molecule has 0 aliphatic carbocycles. The minimum Gasteiger partial charge on any atom is -0.782 e. The van der Waals surface area contributed by atoms with E-state index < -0.39 is 0 Å². The Labute approximate surface area is 58.5 Å². The van der Waals surface area contributed by atoms with Crippen LogP contribution in [0.4, 0.5) is 0 Å². The summed E-state index contributed by atoms with van der Waals surface area (Å²) in [5.41, 5.74) is 0. The van der Waals surface area contributed by atoms with Gasteiger partial charge in [0.1, 0.15) is 0 Å². The van der Waals surface area contributed by atoms with Crippen molar-refractivity contribution in [2.45, 2.75) is 0 Å². The van der Waals surface area contributed by atoms with Gasteiger partial charge in [-0.05, 0) is 0 Å². The summed E-state index contributed by atoms with van der Waals surface area (Å²) < 4.78 is 4.16. The second-order valence-corrected chi connectivity index (χ2v) is 1.01. The fourth-order valence-corrected chi connectivity index (χ4v) is 0.177. The number of hydrogen-bond donors (Lipinski definition) is 0. The third-order valence-corrected chi connectivity index (χ3v) is 0.581. The minimum absolute atomic E-state index is 0. The van der Waals surface area contributed by atoms with Crippen LogP contribution in [0.2, 0.25) is 0 Å². The summed E-state index contributed by atoms with van der Waals surface area (Å²) in [5.74, 6) is -0.291. The average molecular weight is 169 g/mol. The fourth-order valence-electron chi connectivity index (χ4n) is 0.0589. The first-order valence-corrected chi connectivity index (χ1v) is 2.04. The van der Waals surface area contributed by atoms with Gasteiger partial charge in [0.2, 0.25) is 0 Å². The molecule has 0 bridgehead atoms. The summed E-state index contributed by atoms with van der Waals surface area (Å²) in [6.45, 7) is 0. The largest absolute Gasteiger partial charge is 1.00 e. The first kappa shape index (κ1) is 10.3. The van der Waals surface area contributed by atoms with Gasteiger partial charge >= 0.3 is 17.1 Å². The van der Waals surface area contributed by atoms with E-state index in [-0.39, 0.29) is 28.8 Å². The molecule has 0 rings (SSSR count). The first-order chi connectivity index (χ1) is 2.81. The Hall–Kier alpha value is 0.339. The molecule has 4 heteroatoms. The van der Waals surface area contributed by atoms with Gasteiger partial charge in [0.05, 0.1) is 7.11 Å². The summed E-state index contributed by atoms with van der Waals surface area (Å²) >= 11 is 4.30. The van der Waals surface area contributed by atoms with Crippen molar-refractivity contribution in [2.75, 3.05) is 12.9 Å². The zero-order chi connectivity index (χ0) is 4.99. The van der Waals surface area contributed by atoms with Gasteiger partial charge in [-0.1, -0.05) is 5.75 Å². The Balaban J connectivity index is 0. The van der Waals surface area contributed by atoms with Gasteiger partial charge in [-0.15, -0.1) is 0 Å². The number of methoxy groups -OCH3 is 1. The van der Waals surface area contributed by atoms with E-state index in [0.717, 1.165) is 0 Å². The van der Waals surface area contributed by atoms with Crippen molar-refractivity contribution in [1.82, 2.24) is 0 Å². The monoisotopic (exact) mass is 168 g/mol. The van der Waals surface area contributed by atoms with Crippen molar-refractivity contribution in [3.8, 4) is 0 Å². The first-order valence-electron chi connectivity index (χ1n) is 1.46. The molecule has 0 spiro atoms. The van der Waals surface area contributed by atoms with E-state index in [1.54, 1.807) is 0 Å². The summed E-state index contributed by atoms with van der Waals surface area (Å²) in [6, 6.07) is 0. The van der Waals surface area contributed by atoms with E-state index in [9.17, 15) is 4.79 Å². The smallest absolute Gasteiger partial charge is 0.782 e. The van der Waals surface area contributed by atoms with Crippen molar-refractivity contribution in [1.29, 1.82) is 0 Å². The van der Waals surface area contributed by atoms with Crippen LogP contribution in [0.15, 0.2) is 0 Å². The normalized spacial score (nSPS) is 6.57. The number of esters is 1. The molecule has 0 fully saturated rings. The Morgan fingerprint density at radius 3 is 2.29 bits per heavy atom. The maximum absolute atomic E-state index is 9.85. The van der Waals surface area contributed by atoms with Crippen molar-refractivity contribution in [3.05, 3.63) is 0 Å². The molecule has 0 atom stereocenters. The second kappa shape index (κ2) is 6.34. The van der Waals surface area contributed by atoms with Gasteiger partial charge in [0.25, 0.3) is 5.97 Å². The van der Waals surface area contributed by atoms with Crippen LogP contribution in [0.1, 0.15) is 0 Å². The van der Waals surface area contributed by atoms with E-state index >= 15 is 0 Å². The number of carbonyl (C=O) groups excluding carboxylic acids is 1. The maximum Gasteiger partial charge on any atom is 1.00 e. The van der Waals surface area contributed by atoms with Gasteiger partial charge in [-0.3, -0.25) is 4.79 Å². The van der Waals surface area contributed by atoms with Crippen LogP contribution in [0, 0.1) is 0 Å². The SMILES string of the molecule is COC(=O)C[S-].[Cu+]. The van der Waals surface area contributed by atoms with Crippen LogP contribution in [-0.4, -0.2) is 18.8 Å². The van der Waals surface area contributed by atoms with Gasteiger partial charge < -0.3 is 17.4 Å². The van der Waals surface area contributed by atoms with Crippen molar-refractivity contribution >= 4 is 18.6 Å². The molecule has 2 nitrogen and oxygen atoms in total. The number of hydrogen-bond acceptors (Lipinski definition) is 3. The topological polar surface area (TPSA) is 26.3 Å². The zero-order valence-corrected chi connectivity index (χ0v) is 5.49.